The number of carbonyl (C=O) groups excluding carboxylic acids is 2. The molecular weight excluding hydrogens is 436 g/mol. The van der Waals surface area contributed by atoms with Gasteiger partial charge in [0.15, 0.2) is 0 Å². The molecule has 0 aliphatic rings. The fourth-order valence-electron chi connectivity index (χ4n) is 2.14. The van der Waals surface area contributed by atoms with Gasteiger partial charge in [-0.2, -0.15) is 0 Å². The van der Waals surface area contributed by atoms with E-state index in [1.807, 2.05) is 24.3 Å². The van der Waals surface area contributed by atoms with Gasteiger partial charge in [-0.25, -0.2) is 13.1 Å². The van der Waals surface area contributed by atoms with E-state index in [4.69, 9.17) is 4.74 Å². The van der Waals surface area contributed by atoms with Gasteiger partial charge in [-0.1, -0.05) is 34.1 Å². The maximum absolute atomic E-state index is 12.2. The first-order valence-electron chi connectivity index (χ1n) is 8.04. The number of halogens is 1. The third kappa shape index (κ3) is 6.78. The van der Waals surface area contributed by atoms with Crippen LogP contribution in [0, 0.1) is 0 Å². The molecule has 0 aliphatic carbocycles. The van der Waals surface area contributed by atoms with Gasteiger partial charge in [0.25, 0.3) is 0 Å². The second-order valence-corrected chi connectivity index (χ2v) is 8.23. The van der Waals surface area contributed by atoms with Crippen LogP contribution in [0.4, 0.5) is 5.69 Å². The van der Waals surface area contributed by atoms with E-state index in [9.17, 15) is 18.0 Å². The summed E-state index contributed by atoms with van der Waals surface area (Å²) in [6, 6.07) is 13.1. The molecule has 1 amide bonds. The average Bonchev–Trinajstić information content (AvgIpc) is 2.61. The van der Waals surface area contributed by atoms with Crippen molar-refractivity contribution in [3.63, 3.8) is 0 Å². The fraction of sp³-hybridized carbons (Fsp3) is 0.222. The van der Waals surface area contributed by atoms with Crippen LogP contribution < -0.4 is 10.0 Å². The number of amides is 1. The maximum Gasteiger partial charge on any atom is 0.307 e. The highest BCUT2D eigenvalue weighted by Gasteiger charge is 2.15. The number of nitrogens with one attached hydrogen (secondary N) is 2. The lowest BCUT2D eigenvalue weighted by molar-refractivity contribution is -0.144. The Morgan fingerprint density at radius 1 is 1.07 bits per heavy atom. The lowest BCUT2D eigenvalue weighted by Crippen LogP contribution is -2.26. The number of hydrogen-bond donors (Lipinski definition) is 2. The Bertz CT molecular complexity index is 914. The quantitative estimate of drug-likeness (QED) is 0.597. The van der Waals surface area contributed by atoms with Crippen LogP contribution >= 0.6 is 15.9 Å². The molecule has 0 aromatic heterocycles. The maximum atomic E-state index is 12.2. The summed E-state index contributed by atoms with van der Waals surface area (Å²) in [4.78, 5) is 22.8. The van der Waals surface area contributed by atoms with Crippen molar-refractivity contribution in [3.8, 4) is 0 Å². The third-order valence-electron chi connectivity index (χ3n) is 3.45. The first-order valence-corrected chi connectivity index (χ1v) is 10.3. The van der Waals surface area contributed by atoms with E-state index in [0.717, 1.165) is 10.0 Å². The molecular formula is C18H19BrN2O5S. The van der Waals surface area contributed by atoms with E-state index in [0.29, 0.717) is 5.69 Å². The topological polar surface area (TPSA) is 102 Å². The summed E-state index contributed by atoms with van der Waals surface area (Å²) in [5.41, 5.74) is 1.32. The SMILES string of the molecule is CC(=O)Nc1ccc(S(=O)(=O)NCCC(=O)OCc2ccccc2Br)cc1. The summed E-state index contributed by atoms with van der Waals surface area (Å²) in [5, 5.41) is 2.55. The van der Waals surface area contributed by atoms with Crippen molar-refractivity contribution in [1.82, 2.24) is 4.72 Å². The Morgan fingerprint density at radius 3 is 2.37 bits per heavy atom. The van der Waals surface area contributed by atoms with E-state index in [1.165, 1.54) is 31.2 Å². The number of rotatable bonds is 8. The highest BCUT2D eigenvalue weighted by molar-refractivity contribution is 9.10. The molecule has 27 heavy (non-hydrogen) atoms. The van der Waals surface area contributed by atoms with Gasteiger partial charge in [0, 0.05) is 29.2 Å². The predicted molar refractivity (Wildman–Crippen MR) is 104 cm³/mol. The Labute approximate surface area is 166 Å². The first-order chi connectivity index (χ1) is 12.8. The van der Waals surface area contributed by atoms with Crippen LogP contribution in [-0.4, -0.2) is 26.8 Å². The molecule has 2 aromatic rings. The molecule has 0 spiro atoms. The molecule has 0 atom stereocenters. The summed E-state index contributed by atoms with van der Waals surface area (Å²) in [7, 11) is -3.75. The zero-order chi connectivity index (χ0) is 19.9. The Balaban J connectivity index is 1.81. The van der Waals surface area contributed by atoms with Crippen molar-refractivity contribution < 1.29 is 22.7 Å². The smallest absolute Gasteiger partial charge is 0.307 e. The number of hydrogen-bond acceptors (Lipinski definition) is 5. The van der Waals surface area contributed by atoms with Crippen molar-refractivity contribution >= 4 is 43.5 Å². The third-order valence-corrected chi connectivity index (χ3v) is 5.70. The molecule has 144 valence electrons. The van der Waals surface area contributed by atoms with E-state index < -0.39 is 16.0 Å². The zero-order valence-electron chi connectivity index (χ0n) is 14.6. The number of esters is 1. The molecule has 0 saturated carbocycles. The molecule has 0 radical (unpaired) electrons. The minimum Gasteiger partial charge on any atom is -0.461 e. The van der Waals surface area contributed by atoms with Gasteiger partial charge < -0.3 is 10.1 Å². The van der Waals surface area contributed by atoms with Crippen molar-refractivity contribution in [1.29, 1.82) is 0 Å². The Morgan fingerprint density at radius 2 is 1.74 bits per heavy atom. The number of anilines is 1. The van der Waals surface area contributed by atoms with Gasteiger partial charge in [-0.15, -0.1) is 0 Å². The van der Waals surface area contributed by atoms with Crippen molar-refractivity contribution in [3.05, 3.63) is 58.6 Å². The number of ether oxygens (including phenoxy) is 1. The Kier molecular flexibility index (Phi) is 7.52. The lowest BCUT2D eigenvalue weighted by atomic mass is 10.2. The van der Waals surface area contributed by atoms with Gasteiger partial charge in [-0.3, -0.25) is 9.59 Å². The van der Waals surface area contributed by atoms with Crippen LogP contribution in [0.25, 0.3) is 0 Å². The summed E-state index contributed by atoms with van der Waals surface area (Å²) in [6.45, 7) is 1.39. The van der Waals surface area contributed by atoms with Gasteiger partial charge in [-0.05, 0) is 30.3 Å². The Hall–Kier alpha value is -2.23. The zero-order valence-corrected chi connectivity index (χ0v) is 17.0. The fourth-order valence-corrected chi connectivity index (χ4v) is 3.57. The molecule has 0 fully saturated rings. The average molecular weight is 455 g/mol. The monoisotopic (exact) mass is 454 g/mol. The van der Waals surface area contributed by atoms with Crippen LogP contribution in [0.5, 0.6) is 0 Å². The summed E-state index contributed by atoms with van der Waals surface area (Å²) in [6.07, 6.45) is -0.0896. The van der Waals surface area contributed by atoms with Crippen LogP contribution in [0.1, 0.15) is 18.9 Å². The van der Waals surface area contributed by atoms with Crippen molar-refractivity contribution in [2.24, 2.45) is 0 Å². The number of benzene rings is 2. The molecule has 2 N–H and O–H groups in total. The van der Waals surface area contributed by atoms with Crippen LogP contribution in [0.2, 0.25) is 0 Å². The van der Waals surface area contributed by atoms with Crippen LogP contribution in [0.3, 0.4) is 0 Å². The predicted octanol–water partition coefficient (Wildman–Crippen LogP) is 2.82. The van der Waals surface area contributed by atoms with E-state index in [-0.39, 0.29) is 30.4 Å². The molecule has 0 unspecified atom stereocenters. The molecule has 0 bridgehead atoms. The molecule has 0 heterocycles. The summed E-state index contributed by atoms with van der Waals surface area (Å²) in [5.74, 6) is -0.751. The standard InChI is InChI=1S/C18H19BrN2O5S/c1-13(22)21-15-6-8-16(9-7-15)27(24,25)20-11-10-18(23)26-12-14-4-2-3-5-17(14)19/h2-9,20H,10-12H2,1H3,(H,21,22). The van der Waals surface area contributed by atoms with Gasteiger partial charge >= 0.3 is 5.97 Å². The number of sulfonamides is 1. The highest BCUT2D eigenvalue weighted by atomic mass is 79.9. The molecule has 0 aliphatic heterocycles. The summed E-state index contributed by atoms with van der Waals surface area (Å²) < 4.78 is 32.8. The highest BCUT2D eigenvalue weighted by Crippen LogP contribution is 2.17. The largest absolute Gasteiger partial charge is 0.461 e. The van der Waals surface area contributed by atoms with Gasteiger partial charge in [0.05, 0.1) is 11.3 Å². The second-order valence-electron chi connectivity index (χ2n) is 5.61. The molecule has 2 rings (SSSR count). The van der Waals surface area contributed by atoms with Crippen LogP contribution in [0.15, 0.2) is 57.9 Å². The normalized spacial score (nSPS) is 11.0. The lowest BCUT2D eigenvalue weighted by Gasteiger charge is -2.09. The van der Waals surface area contributed by atoms with Gasteiger partial charge in [0.1, 0.15) is 6.61 Å². The van der Waals surface area contributed by atoms with E-state index >= 15 is 0 Å². The van der Waals surface area contributed by atoms with Gasteiger partial charge in [0.2, 0.25) is 15.9 Å². The van der Waals surface area contributed by atoms with Crippen molar-refractivity contribution in [2.45, 2.75) is 24.8 Å². The molecule has 2 aromatic carbocycles. The molecule has 7 nitrogen and oxygen atoms in total. The second kappa shape index (κ2) is 9.63. The van der Waals surface area contributed by atoms with E-state index in [2.05, 4.69) is 26.0 Å². The van der Waals surface area contributed by atoms with E-state index in [1.54, 1.807) is 0 Å². The molecule has 0 saturated heterocycles. The van der Waals surface area contributed by atoms with Crippen LogP contribution in [-0.2, 0) is 31.0 Å². The minimum absolute atomic E-state index is 0.0400. The minimum atomic E-state index is -3.75. The summed E-state index contributed by atoms with van der Waals surface area (Å²) >= 11 is 3.36. The number of carbonyl (C=O) groups is 2. The first kappa shape index (κ1) is 21.1. The molecule has 9 heteroatoms. The van der Waals surface area contributed by atoms with Crippen molar-refractivity contribution in [2.75, 3.05) is 11.9 Å².